The maximum atomic E-state index is 6.20. The highest BCUT2D eigenvalue weighted by molar-refractivity contribution is 5.79. The van der Waals surface area contributed by atoms with E-state index < -0.39 is 0 Å². The van der Waals surface area contributed by atoms with E-state index in [9.17, 15) is 0 Å². The molecule has 2 heterocycles. The number of hydrogen-bond donors (Lipinski definition) is 1. The Bertz CT molecular complexity index is 1220. The van der Waals surface area contributed by atoms with Gasteiger partial charge in [0.2, 0.25) is 5.95 Å². The minimum atomic E-state index is 0.486. The number of anilines is 1. The molecular formula is C24H24N4O. The van der Waals surface area contributed by atoms with Crippen LogP contribution >= 0.6 is 0 Å². The summed E-state index contributed by atoms with van der Waals surface area (Å²) in [5.74, 6) is 1.25. The molecule has 0 unspecified atom stereocenters. The van der Waals surface area contributed by atoms with Crippen LogP contribution in [0.1, 0.15) is 29.4 Å². The van der Waals surface area contributed by atoms with E-state index in [-0.39, 0.29) is 0 Å². The van der Waals surface area contributed by atoms with Crippen LogP contribution in [0.25, 0.3) is 22.3 Å². The van der Waals surface area contributed by atoms with Crippen molar-refractivity contribution in [2.75, 3.05) is 5.43 Å². The number of hydrogen-bond acceptors (Lipinski definition) is 5. The Morgan fingerprint density at radius 2 is 1.62 bits per heavy atom. The van der Waals surface area contributed by atoms with Gasteiger partial charge in [-0.1, -0.05) is 42.8 Å². The Kier molecular flexibility index (Phi) is 5.12. The van der Waals surface area contributed by atoms with Crippen molar-refractivity contribution in [2.45, 2.75) is 34.1 Å². The zero-order chi connectivity index (χ0) is 20.4. The van der Waals surface area contributed by atoms with Gasteiger partial charge < -0.3 is 4.42 Å². The number of aryl methyl sites for hydroxylation is 4. The normalized spacial score (nSPS) is 11.8. The standard InChI is InChI=1S/C24H24N4O/c1-5-18-8-11-22-20(13-18)21(27-28-24-25-16(3)12-17(4)26-24)14-23(29-22)19-9-6-15(2)7-10-19/h6-14H,5H2,1-4H3,(H,25,26,28)/b27-21+. The smallest absolute Gasteiger partial charge is 0.243 e. The molecule has 0 spiro atoms. The molecule has 1 N–H and O–H groups in total. The van der Waals surface area contributed by atoms with E-state index in [1.807, 2.05) is 32.0 Å². The highest BCUT2D eigenvalue weighted by Gasteiger charge is 2.07. The van der Waals surface area contributed by atoms with Crippen LogP contribution in [-0.2, 0) is 6.42 Å². The minimum Gasteiger partial charge on any atom is -0.456 e. The van der Waals surface area contributed by atoms with Crippen LogP contribution in [0.2, 0.25) is 0 Å². The molecule has 0 amide bonds. The molecule has 0 saturated carbocycles. The van der Waals surface area contributed by atoms with Gasteiger partial charge in [0.25, 0.3) is 0 Å². The second kappa shape index (κ2) is 7.87. The molecule has 29 heavy (non-hydrogen) atoms. The van der Waals surface area contributed by atoms with Gasteiger partial charge in [0, 0.05) is 28.4 Å². The summed E-state index contributed by atoms with van der Waals surface area (Å²) in [5.41, 5.74) is 9.06. The first kappa shape index (κ1) is 18.9. The number of nitrogens with zero attached hydrogens (tertiary/aromatic N) is 3. The van der Waals surface area contributed by atoms with Crippen molar-refractivity contribution in [3.63, 3.8) is 0 Å². The van der Waals surface area contributed by atoms with Gasteiger partial charge in [-0.2, -0.15) is 5.10 Å². The van der Waals surface area contributed by atoms with Gasteiger partial charge in [-0.3, -0.25) is 0 Å². The van der Waals surface area contributed by atoms with E-state index in [2.05, 4.69) is 70.7 Å². The average molecular weight is 384 g/mol. The second-order valence-corrected chi connectivity index (χ2v) is 7.24. The number of aromatic nitrogens is 2. The Balaban J connectivity index is 1.87. The molecule has 2 aromatic heterocycles. The third kappa shape index (κ3) is 4.19. The lowest BCUT2D eigenvalue weighted by molar-refractivity contribution is 0.618. The van der Waals surface area contributed by atoms with Crippen molar-refractivity contribution < 1.29 is 4.42 Å². The van der Waals surface area contributed by atoms with Gasteiger partial charge in [0.05, 0.1) is 5.36 Å². The van der Waals surface area contributed by atoms with E-state index in [1.54, 1.807) is 0 Å². The van der Waals surface area contributed by atoms with Crippen LogP contribution in [0, 0.1) is 20.8 Å². The van der Waals surface area contributed by atoms with Gasteiger partial charge in [-0.25, -0.2) is 15.4 Å². The van der Waals surface area contributed by atoms with Crippen molar-refractivity contribution in [2.24, 2.45) is 5.10 Å². The summed E-state index contributed by atoms with van der Waals surface area (Å²) in [7, 11) is 0. The Labute approximate surface area is 170 Å². The SMILES string of the molecule is CCc1ccc2oc(-c3ccc(C)cc3)c/c(=N\Nc3nc(C)cc(C)n3)c2c1. The van der Waals surface area contributed by atoms with Gasteiger partial charge in [-0.05, 0) is 51.0 Å². The van der Waals surface area contributed by atoms with E-state index in [1.165, 1.54) is 11.1 Å². The summed E-state index contributed by atoms with van der Waals surface area (Å²) in [5, 5.41) is 6.38. The third-order valence-corrected chi connectivity index (χ3v) is 4.81. The van der Waals surface area contributed by atoms with Crippen molar-refractivity contribution in [3.05, 3.63) is 82.5 Å². The monoisotopic (exact) mass is 384 g/mol. The summed E-state index contributed by atoms with van der Waals surface area (Å²) >= 11 is 0. The zero-order valence-electron chi connectivity index (χ0n) is 17.2. The van der Waals surface area contributed by atoms with Gasteiger partial charge >= 0.3 is 0 Å². The molecular weight excluding hydrogens is 360 g/mol. The first-order valence-electron chi connectivity index (χ1n) is 9.77. The molecule has 5 heteroatoms. The molecule has 0 saturated heterocycles. The van der Waals surface area contributed by atoms with Crippen molar-refractivity contribution in [3.8, 4) is 11.3 Å². The third-order valence-electron chi connectivity index (χ3n) is 4.81. The molecule has 4 aromatic rings. The molecule has 0 aliphatic heterocycles. The van der Waals surface area contributed by atoms with Crippen molar-refractivity contribution in [1.29, 1.82) is 0 Å². The molecule has 2 aromatic carbocycles. The van der Waals surface area contributed by atoms with Gasteiger partial charge in [-0.15, -0.1) is 0 Å². The Morgan fingerprint density at radius 3 is 2.31 bits per heavy atom. The van der Waals surface area contributed by atoms with Gasteiger partial charge in [0.15, 0.2) is 0 Å². The van der Waals surface area contributed by atoms with Crippen LogP contribution in [-0.4, -0.2) is 9.97 Å². The predicted molar refractivity (Wildman–Crippen MR) is 116 cm³/mol. The van der Waals surface area contributed by atoms with E-state index in [0.717, 1.165) is 45.5 Å². The lowest BCUT2D eigenvalue weighted by atomic mass is 10.1. The van der Waals surface area contributed by atoms with E-state index in [0.29, 0.717) is 5.95 Å². The van der Waals surface area contributed by atoms with Crippen LogP contribution in [0.4, 0.5) is 5.95 Å². The minimum absolute atomic E-state index is 0.486. The summed E-state index contributed by atoms with van der Waals surface area (Å²) in [4.78, 5) is 8.83. The molecule has 5 nitrogen and oxygen atoms in total. The highest BCUT2D eigenvalue weighted by Crippen LogP contribution is 2.23. The molecule has 0 atom stereocenters. The molecule has 0 bridgehead atoms. The van der Waals surface area contributed by atoms with Crippen LogP contribution in [0.5, 0.6) is 0 Å². The number of fused-ring (bicyclic) bond motifs is 1. The zero-order valence-corrected chi connectivity index (χ0v) is 17.2. The number of nitrogens with one attached hydrogen (secondary N) is 1. The second-order valence-electron chi connectivity index (χ2n) is 7.24. The fraction of sp³-hybridized carbons (Fsp3) is 0.208. The maximum Gasteiger partial charge on any atom is 0.243 e. The highest BCUT2D eigenvalue weighted by atomic mass is 16.3. The molecule has 0 radical (unpaired) electrons. The van der Waals surface area contributed by atoms with E-state index in [4.69, 9.17) is 4.42 Å². The van der Waals surface area contributed by atoms with Crippen LogP contribution < -0.4 is 10.8 Å². The number of benzene rings is 2. The summed E-state index contributed by atoms with van der Waals surface area (Å²) in [6.45, 7) is 8.10. The van der Waals surface area contributed by atoms with Crippen LogP contribution in [0.15, 0.2) is 64.1 Å². The quantitative estimate of drug-likeness (QED) is 0.485. The fourth-order valence-electron chi connectivity index (χ4n) is 3.27. The molecule has 146 valence electrons. The lowest BCUT2D eigenvalue weighted by Crippen LogP contribution is -2.09. The summed E-state index contributed by atoms with van der Waals surface area (Å²) < 4.78 is 6.20. The largest absolute Gasteiger partial charge is 0.456 e. The molecule has 0 fully saturated rings. The van der Waals surface area contributed by atoms with Crippen molar-refractivity contribution in [1.82, 2.24) is 9.97 Å². The summed E-state index contributed by atoms with van der Waals surface area (Å²) in [6.07, 6.45) is 0.947. The first-order chi connectivity index (χ1) is 14.0. The van der Waals surface area contributed by atoms with Crippen molar-refractivity contribution >= 4 is 16.9 Å². The molecule has 4 rings (SSSR count). The number of rotatable bonds is 4. The molecule has 0 aliphatic rings. The first-order valence-corrected chi connectivity index (χ1v) is 9.77. The van der Waals surface area contributed by atoms with Crippen LogP contribution in [0.3, 0.4) is 0 Å². The maximum absolute atomic E-state index is 6.20. The predicted octanol–water partition coefficient (Wildman–Crippen LogP) is 5.31. The fourth-order valence-corrected chi connectivity index (χ4v) is 3.27. The Hall–Kier alpha value is -3.47. The summed E-state index contributed by atoms with van der Waals surface area (Å²) in [6, 6.07) is 18.4. The Morgan fingerprint density at radius 1 is 0.897 bits per heavy atom. The molecule has 0 aliphatic carbocycles. The average Bonchev–Trinajstić information content (AvgIpc) is 2.71. The van der Waals surface area contributed by atoms with Gasteiger partial charge in [0.1, 0.15) is 11.3 Å². The van der Waals surface area contributed by atoms with E-state index >= 15 is 0 Å². The lowest BCUT2D eigenvalue weighted by Gasteiger charge is -2.07. The topological polar surface area (TPSA) is 63.3 Å².